The maximum Gasteiger partial charge on any atom is 0.235 e. The molecule has 0 unspecified atom stereocenters. The first-order valence-corrected chi connectivity index (χ1v) is 38.2. The van der Waals surface area contributed by atoms with Gasteiger partial charge in [0.1, 0.15) is 0 Å². The van der Waals surface area contributed by atoms with Gasteiger partial charge in [-0.1, -0.05) is 261 Å². The topological polar surface area (TPSA) is 71.3 Å². The summed E-state index contributed by atoms with van der Waals surface area (Å²) in [6.07, 6.45) is 0. The fourth-order valence-corrected chi connectivity index (χ4v) is 18.5. The van der Waals surface area contributed by atoms with Crippen LogP contribution < -0.4 is 0 Å². The predicted octanol–water partition coefficient (Wildman–Crippen LogP) is 26.9. The Balaban J connectivity index is 0.622. The van der Waals surface area contributed by atoms with Crippen LogP contribution in [0, 0.1) is 0 Å². The first-order chi connectivity index (χ1) is 55.5. The molecular weight excluding hydrogens is 1360 g/mol. The summed E-state index contributed by atoms with van der Waals surface area (Å²) >= 11 is 0. The standard InChI is InChI=1S/C104H62N8/c1-3-22-63(23-4-1)72-50-53-91-84(58-72)85-57-68-24-7-9-26-70(68)61-95(85)111(91)103-105-87-39-15-11-33-78(87)101(107-103)74-45-44-65-48-54-93-99(83(65)60-74)80-35-13-17-41-89(80)110(93)76-51-46-64(47-52-76)67-29-19-30-73(56-67)77-37-21-43-92-98(77)86-59-69-25-8-10-27-71(69)62-96(86)112(92)104-106-88-40-16-12-34-79(88)102(108-104)82-38-20-28-66-49-55-94-100(97(66)82)81-36-14-18-42-90(81)109(94)75-31-5-2-6-32-75/h1-62H. The molecule has 0 radical (unpaired) electrons. The van der Waals surface area contributed by atoms with Crippen LogP contribution in [0.15, 0.2) is 376 Å². The second-order valence-electron chi connectivity index (χ2n) is 29.6. The zero-order valence-corrected chi connectivity index (χ0v) is 60.4. The molecule has 0 saturated heterocycles. The summed E-state index contributed by atoms with van der Waals surface area (Å²) in [5.41, 5.74) is 23.4. The molecule has 0 spiro atoms. The summed E-state index contributed by atoms with van der Waals surface area (Å²) in [6, 6.07) is 137. The van der Waals surface area contributed by atoms with Gasteiger partial charge in [0, 0.05) is 81.8 Å². The minimum atomic E-state index is 0.612. The summed E-state index contributed by atoms with van der Waals surface area (Å²) in [4.78, 5) is 22.5. The van der Waals surface area contributed by atoms with E-state index in [1.54, 1.807) is 0 Å². The van der Waals surface area contributed by atoms with Gasteiger partial charge in [0.15, 0.2) is 0 Å². The van der Waals surface area contributed by atoms with Crippen LogP contribution in [-0.4, -0.2) is 38.2 Å². The number of benzene rings is 18. The number of hydrogen-bond acceptors (Lipinski definition) is 4. The molecule has 518 valence electrons. The van der Waals surface area contributed by atoms with Crippen LogP contribution in [0.2, 0.25) is 0 Å². The van der Waals surface area contributed by atoms with Gasteiger partial charge >= 0.3 is 0 Å². The summed E-state index contributed by atoms with van der Waals surface area (Å²) in [7, 11) is 0. The smallest absolute Gasteiger partial charge is 0.235 e. The number of rotatable bonds is 9. The second-order valence-corrected chi connectivity index (χ2v) is 29.6. The van der Waals surface area contributed by atoms with E-state index in [0.717, 1.165) is 176 Å². The summed E-state index contributed by atoms with van der Waals surface area (Å²) in [5.74, 6) is 1.24. The van der Waals surface area contributed by atoms with Gasteiger partial charge in [0.25, 0.3) is 0 Å². The molecule has 6 aromatic heterocycles. The van der Waals surface area contributed by atoms with E-state index in [1.807, 2.05) is 0 Å². The molecular formula is C104H62N8. The molecule has 0 bridgehead atoms. The minimum Gasteiger partial charge on any atom is -0.309 e. The molecule has 6 heterocycles. The highest BCUT2D eigenvalue weighted by Crippen LogP contribution is 2.47. The average Bonchev–Trinajstić information content (AvgIpc) is 1.57. The van der Waals surface area contributed by atoms with E-state index in [0.29, 0.717) is 11.9 Å². The number of nitrogens with zero attached hydrogens (tertiary/aromatic N) is 8. The third kappa shape index (κ3) is 9.36. The van der Waals surface area contributed by atoms with Gasteiger partial charge in [-0.25, -0.2) is 19.9 Å². The van der Waals surface area contributed by atoms with Gasteiger partial charge in [0.2, 0.25) is 11.9 Å². The lowest BCUT2D eigenvalue weighted by Gasteiger charge is -2.14. The van der Waals surface area contributed by atoms with Gasteiger partial charge < -0.3 is 9.13 Å². The van der Waals surface area contributed by atoms with Crippen molar-refractivity contribution in [1.29, 1.82) is 0 Å². The summed E-state index contributed by atoms with van der Waals surface area (Å²) in [6.45, 7) is 0. The fourth-order valence-electron chi connectivity index (χ4n) is 18.5. The van der Waals surface area contributed by atoms with Gasteiger partial charge in [-0.05, 0) is 186 Å². The average molecular weight is 1420 g/mol. The molecule has 24 rings (SSSR count). The Bertz CT molecular complexity index is 8120. The Morgan fingerprint density at radius 1 is 0.170 bits per heavy atom. The summed E-state index contributed by atoms with van der Waals surface area (Å²) in [5, 5.41) is 20.6. The van der Waals surface area contributed by atoms with Crippen molar-refractivity contribution in [3.8, 4) is 79.2 Å². The van der Waals surface area contributed by atoms with Crippen LogP contribution in [0.4, 0.5) is 0 Å². The van der Waals surface area contributed by atoms with Gasteiger partial charge in [-0.15, -0.1) is 0 Å². The lowest BCUT2D eigenvalue weighted by molar-refractivity contribution is 1.01. The van der Waals surface area contributed by atoms with Crippen molar-refractivity contribution >= 4 is 152 Å². The number of para-hydroxylation sites is 5. The Hall–Kier alpha value is -15.1. The highest BCUT2D eigenvalue weighted by atomic mass is 15.2. The number of hydrogen-bond donors (Lipinski definition) is 0. The van der Waals surface area contributed by atoms with Crippen molar-refractivity contribution < 1.29 is 0 Å². The Morgan fingerprint density at radius 2 is 0.598 bits per heavy atom. The molecule has 18 aromatic carbocycles. The number of aromatic nitrogens is 8. The van der Waals surface area contributed by atoms with Crippen molar-refractivity contribution in [1.82, 2.24) is 38.2 Å². The molecule has 0 amide bonds. The first kappa shape index (κ1) is 62.0. The van der Waals surface area contributed by atoms with E-state index in [1.165, 1.54) is 43.4 Å². The summed E-state index contributed by atoms with van der Waals surface area (Å²) < 4.78 is 9.41. The lowest BCUT2D eigenvalue weighted by atomic mass is 9.95. The quantitative estimate of drug-likeness (QED) is 0.144. The van der Waals surface area contributed by atoms with E-state index in [-0.39, 0.29) is 0 Å². The van der Waals surface area contributed by atoms with Crippen molar-refractivity contribution in [3.05, 3.63) is 376 Å². The molecule has 8 nitrogen and oxygen atoms in total. The Morgan fingerprint density at radius 3 is 1.32 bits per heavy atom. The molecule has 0 aliphatic heterocycles. The molecule has 0 aliphatic rings. The lowest BCUT2D eigenvalue weighted by Crippen LogP contribution is -2.03. The van der Waals surface area contributed by atoms with Crippen LogP contribution >= 0.6 is 0 Å². The SMILES string of the molecule is c1ccc(-c2ccc3c(c2)c2cc4ccccc4cc2n3-c2nc(-c3ccc4ccc5c(c4c3)c3ccccc3n5-c3ccc(-c4cccc(-c5cccc6c5c5cc7ccccc7cc5n6-c5nc(-c6cccc7ccc8c(c9ccccc9n8-c8ccccc8)c67)c6ccccc6n5)c4)cc3)c3ccccc3n2)cc1. The molecule has 0 N–H and O–H groups in total. The molecule has 112 heavy (non-hydrogen) atoms. The third-order valence-electron chi connectivity index (χ3n) is 23.5. The van der Waals surface area contributed by atoms with Gasteiger partial charge in [-0.3, -0.25) is 9.13 Å². The maximum absolute atomic E-state index is 5.82. The highest BCUT2D eigenvalue weighted by Gasteiger charge is 2.26. The molecule has 0 fully saturated rings. The monoisotopic (exact) mass is 1420 g/mol. The van der Waals surface area contributed by atoms with Crippen LogP contribution in [0.5, 0.6) is 0 Å². The van der Waals surface area contributed by atoms with E-state index in [4.69, 9.17) is 19.9 Å². The van der Waals surface area contributed by atoms with Crippen LogP contribution in [-0.2, 0) is 0 Å². The number of fused-ring (bicyclic) bond motifs is 20. The van der Waals surface area contributed by atoms with Crippen LogP contribution in [0.1, 0.15) is 0 Å². The molecule has 24 aromatic rings. The Labute approximate surface area is 641 Å². The Kier molecular flexibility index (Phi) is 13.4. The van der Waals surface area contributed by atoms with Crippen LogP contribution in [0.3, 0.4) is 0 Å². The zero-order valence-electron chi connectivity index (χ0n) is 60.4. The van der Waals surface area contributed by atoms with E-state index in [2.05, 4.69) is 394 Å². The van der Waals surface area contributed by atoms with Crippen molar-refractivity contribution in [2.45, 2.75) is 0 Å². The predicted molar refractivity (Wildman–Crippen MR) is 467 cm³/mol. The molecule has 0 atom stereocenters. The molecule has 0 saturated carbocycles. The molecule has 8 heteroatoms. The normalized spacial score (nSPS) is 12.1. The van der Waals surface area contributed by atoms with Crippen molar-refractivity contribution in [3.63, 3.8) is 0 Å². The first-order valence-electron chi connectivity index (χ1n) is 38.2. The largest absolute Gasteiger partial charge is 0.309 e. The molecule has 0 aliphatic carbocycles. The van der Waals surface area contributed by atoms with Crippen LogP contribution in [0.25, 0.3) is 231 Å². The van der Waals surface area contributed by atoms with E-state index >= 15 is 0 Å². The highest BCUT2D eigenvalue weighted by molar-refractivity contribution is 6.27. The second kappa shape index (κ2) is 24.2. The van der Waals surface area contributed by atoms with Gasteiger partial charge in [0.05, 0.1) is 66.6 Å². The van der Waals surface area contributed by atoms with E-state index in [9.17, 15) is 0 Å². The zero-order chi connectivity index (χ0) is 73.2. The fraction of sp³-hybridized carbons (Fsp3) is 0. The van der Waals surface area contributed by atoms with Gasteiger partial charge in [-0.2, -0.15) is 0 Å². The van der Waals surface area contributed by atoms with E-state index < -0.39 is 0 Å². The van der Waals surface area contributed by atoms with Crippen molar-refractivity contribution in [2.24, 2.45) is 0 Å². The third-order valence-corrected chi connectivity index (χ3v) is 23.5. The van der Waals surface area contributed by atoms with Crippen molar-refractivity contribution in [2.75, 3.05) is 0 Å². The minimum absolute atomic E-state index is 0.612. The maximum atomic E-state index is 5.82.